The van der Waals surface area contributed by atoms with E-state index in [1.165, 1.54) is 28.4 Å². The van der Waals surface area contributed by atoms with E-state index >= 15 is 0 Å². The zero-order valence-electron chi connectivity index (χ0n) is 20.5. The summed E-state index contributed by atoms with van der Waals surface area (Å²) in [6.45, 7) is 11.1. The zero-order valence-corrected chi connectivity index (χ0v) is 23.8. The zero-order chi connectivity index (χ0) is 27.3. The smallest absolute Gasteiger partial charge is 0.414 e. The average Bonchev–Trinajstić information content (AvgIpc) is 3.48. The summed E-state index contributed by atoms with van der Waals surface area (Å²) in [4.78, 5) is 44.4. The summed E-state index contributed by atoms with van der Waals surface area (Å²) in [5.41, 5.74) is 0.325. The first-order valence-electron chi connectivity index (χ1n) is 10.8. The van der Waals surface area contributed by atoms with Gasteiger partial charge in [-0.3, -0.25) is 4.79 Å². The van der Waals surface area contributed by atoms with Crippen LogP contribution in [0.4, 0.5) is 4.79 Å². The van der Waals surface area contributed by atoms with Crippen LogP contribution < -0.4 is 14.8 Å². The summed E-state index contributed by atoms with van der Waals surface area (Å²) in [7, 11) is 4.69. The molecule has 2 aliphatic rings. The van der Waals surface area contributed by atoms with E-state index in [1.807, 2.05) is 13.0 Å². The van der Waals surface area contributed by atoms with Gasteiger partial charge in [0.2, 0.25) is 0 Å². The maximum atomic E-state index is 12.6. The lowest BCUT2D eigenvalue weighted by atomic mass is 10.3. The van der Waals surface area contributed by atoms with Crippen molar-refractivity contribution in [3.8, 4) is 17.6 Å². The first-order chi connectivity index (χ1) is 17.7. The molecule has 3 rings (SSSR count). The van der Waals surface area contributed by atoms with E-state index in [4.69, 9.17) is 20.8 Å². The molecule has 0 aliphatic carbocycles. The average molecular weight is 579 g/mol. The van der Waals surface area contributed by atoms with E-state index in [0.717, 1.165) is 23.5 Å². The van der Waals surface area contributed by atoms with Crippen molar-refractivity contribution in [3.63, 3.8) is 0 Å². The Kier molecular flexibility index (Phi) is 9.87. The number of carbonyl (C=O) groups excluding carboxylic acids is 3. The van der Waals surface area contributed by atoms with Crippen molar-refractivity contribution >= 4 is 65.1 Å². The lowest BCUT2D eigenvalue weighted by Crippen LogP contribution is -2.26. The Morgan fingerprint density at radius 3 is 1.97 bits per heavy atom. The van der Waals surface area contributed by atoms with E-state index in [0.29, 0.717) is 40.2 Å². The molecule has 0 aromatic heterocycles. The van der Waals surface area contributed by atoms with Crippen molar-refractivity contribution in [3.05, 3.63) is 31.2 Å². The molecule has 0 atom stereocenters. The van der Waals surface area contributed by atoms with Crippen LogP contribution in [0.3, 0.4) is 0 Å². The number of rotatable bonds is 7. The molecule has 2 heterocycles. The number of carbonyl (C=O) groups is 3. The highest BCUT2D eigenvalue weighted by atomic mass is 32.2. The molecule has 0 unspecified atom stereocenters. The Morgan fingerprint density at radius 2 is 1.54 bits per heavy atom. The molecule has 2 aliphatic heterocycles. The number of ether oxygens (including phenoxy) is 3. The largest absolute Gasteiger partial charge is 0.462 e. The van der Waals surface area contributed by atoms with Crippen LogP contribution in [-0.4, -0.2) is 57.2 Å². The van der Waals surface area contributed by atoms with Crippen LogP contribution in [0.15, 0.2) is 39.3 Å². The maximum Gasteiger partial charge on any atom is 0.414 e. The minimum Gasteiger partial charge on any atom is -0.462 e. The van der Waals surface area contributed by atoms with Gasteiger partial charge < -0.3 is 24.4 Å². The second kappa shape index (κ2) is 12.7. The summed E-state index contributed by atoms with van der Waals surface area (Å²) >= 11 is 4.64. The van der Waals surface area contributed by atoms with Crippen LogP contribution in [0, 0.1) is 17.9 Å². The molecule has 0 spiro atoms. The van der Waals surface area contributed by atoms with Crippen molar-refractivity contribution in [1.82, 2.24) is 10.2 Å². The molecule has 1 aromatic carbocycles. The lowest BCUT2D eigenvalue weighted by Gasteiger charge is -2.18. The number of hydrogen-bond donors (Lipinski definition) is 1. The predicted molar refractivity (Wildman–Crippen MR) is 142 cm³/mol. The van der Waals surface area contributed by atoms with Gasteiger partial charge in [0.05, 0.1) is 47.8 Å². The molecule has 37 heavy (non-hydrogen) atoms. The van der Waals surface area contributed by atoms with Gasteiger partial charge in [-0.15, -0.1) is 0 Å². The van der Waals surface area contributed by atoms with Crippen molar-refractivity contribution in [2.24, 2.45) is 0 Å². The van der Waals surface area contributed by atoms with Crippen LogP contribution in [0.25, 0.3) is 4.85 Å². The fourth-order valence-corrected chi connectivity index (χ4v) is 8.40. The van der Waals surface area contributed by atoms with Crippen LogP contribution in [0.5, 0.6) is 11.5 Å². The van der Waals surface area contributed by atoms with Gasteiger partial charge in [-0.05, 0) is 20.4 Å². The molecule has 0 bridgehead atoms. The molecule has 194 valence electrons. The number of nitriles is 1. The summed E-state index contributed by atoms with van der Waals surface area (Å²) in [5.74, 6) is -0.905. The van der Waals surface area contributed by atoms with Crippen molar-refractivity contribution < 1.29 is 28.6 Å². The van der Waals surface area contributed by atoms with E-state index in [1.54, 1.807) is 28.1 Å². The molecule has 0 radical (unpaired) electrons. The Morgan fingerprint density at radius 1 is 1.00 bits per heavy atom. The fourth-order valence-electron chi connectivity index (χ4n) is 2.93. The summed E-state index contributed by atoms with van der Waals surface area (Å²) in [5, 5.41) is 12.4. The number of fused-ring (bicyclic) bond motifs is 2. The van der Waals surface area contributed by atoms with Crippen LogP contribution >= 0.6 is 47.0 Å². The second-order valence-corrected chi connectivity index (χ2v) is 11.9. The molecular formula is C23H22N4O6S4. The van der Waals surface area contributed by atoms with Crippen molar-refractivity contribution in [2.75, 3.05) is 34.3 Å². The molecule has 0 saturated heterocycles. The fraction of sp³-hybridized carbons (Fsp3) is 0.348. The highest BCUT2D eigenvalue weighted by molar-refractivity contribution is 8.26. The van der Waals surface area contributed by atoms with Crippen LogP contribution in [0.2, 0.25) is 0 Å². The number of amides is 1. The number of nitrogens with one attached hydrogen (secondary N) is 1. The third kappa shape index (κ3) is 6.05. The number of benzene rings is 1. The lowest BCUT2D eigenvalue weighted by molar-refractivity contribution is -0.138. The van der Waals surface area contributed by atoms with Gasteiger partial charge in [0.15, 0.2) is 22.8 Å². The molecule has 1 aromatic rings. The van der Waals surface area contributed by atoms with Gasteiger partial charge in [-0.2, -0.15) is 5.26 Å². The normalized spacial score (nSPS) is 16.1. The molecular weight excluding hydrogens is 557 g/mol. The van der Waals surface area contributed by atoms with Gasteiger partial charge >= 0.3 is 18.0 Å². The topological polar surface area (TPSA) is 122 Å². The van der Waals surface area contributed by atoms with Gasteiger partial charge in [0.25, 0.3) is 0 Å². The van der Waals surface area contributed by atoms with E-state index in [-0.39, 0.29) is 30.2 Å². The monoisotopic (exact) mass is 578 g/mol. The Labute approximate surface area is 231 Å². The Balaban J connectivity index is 2.29. The van der Waals surface area contributed by atoms with E-state index in [2.05, 4.69) is 10.2 Å². The maximum absolute atomic E-state index is 12.6. The molecule has 0 fully saturated rings. The number of allylic oxidation sites excluding steroid dienone is 1. The first kappa shape index (κ1) is 28.8. The first-order valence-corrected chi connectivity index (χ1v) is 14.1. The molecule has 0 saturated carbocycles. The van der Waals surface area contributed by atoms with Gasteiger partial charge in [-0.1, -0.05) is 54.0 Å². The van der Waals surface area contributed by atoms with Crippen LogP contribution in [0.1, 0.15) is 20.3 Å². The molecule has 1 amide bonds. The predicted octanol–water partition coefficient (Wildman–Crippen LogP) is 5.06. The summed E-state index contributed by atoms with van der Waals surface area (Å²) in [6.07, 6.45) is -0.141. The summed E-state index contributed by atoms with van der Waals surface area (Å²) < 4.78 is 17.6. The highest BCUT2D eigenvalue weighted by Crippen LogP contribution is 2.68. The molecule has 10 nitrogen and oxygen atoms in total. The van der Waals surface area contributed by atoms with E-state index < -0.39 is 18.0 Å². The number of nitrogens with zero attached hydrogens (tertiary/aromatic N) is 3. The van der Waals surface area contributed by atoms with E-state index in [9.17, 15) is 19.6 Å². The second-order valence-electron chi connectivity index (χ2n) is 7.34. The summed E-state index contributed by atoms with van der Waals surface area (Å²) in [6, 6.07) is 1.90. The minimum absolute atomic E-state index is 0.0591. The molecule has 14 heteroatoms. The van der Waals surface area contributed by atoms with Crippen molar-refractivity contribution in [1.29, 1.82) is 5.26 Å². The number of likely N-dealkylation sites (N-methyl/N-ethyl adjacent to an activating group) is 1. The Hall–Kier alpha value is -2.75. The third-order valence-corrected chi connectivity index (χ3v) is 9.86. The molecule has 1 N–H and O–H groups in total. The third-order valence-electron chi connectivity index (χ3n) is 4.61. The highest BCUT2D eigenvalue weighted by Gasteiger charge is 2.40. The quantitative estimate of drug-likeness (QED) is 0.153. The number of thioether (sulfide) groups is 4. The van der Waals surface area contributed by atoms with Crippen LogP contribution in [-0.2, 0) is 14.3 Å². The Bertz CT molecular complexity index is 1310. The standard InChI is InChI=1S/C23H22N4O6S4/c1-7-12(26-4)22-36-17-14(32-13(28)10-25-3)16-18(15(19(17)37-22)33-23(30)27(5)6)35-21(34-16)11(9-24)20(29)31-8-2/h25H,7-8,10H2,1-3,5-6H3/b21-11+,22-12+. The number of esters is 2. The van der Waals surface area contributed by atoms with Crippen molar-refractivity contribution in [2.45, 2.75) is 39.9 Å². The minimum atomic E-state index is -0.778. The SMILES string of the molecule is [C-]#[N+]/C(CC)=C1\Sc2c(OC(=O)CNC)c3c(c(OC(=O)N(C)C)c2S1)S/C(=C(\C#N)C(=O)OCC)S3. The van der Waals surface area contributed by atoms with Gasteiger partial charge in [0.1, 0.15) is 6.07 Å². The van der Waals surface area contributed by atoms with Gasteiger partial charge in [-0.25, -0.2) is 14.4 Å². The van der Waals surface area contributed by atoms with Gasteiger partial charge in [0, 0.05) is 14.1 Å². The number of hydrogen-bond acceptors (Lipinski definition) is 12.